The number of nitrogen functional groups attached to an aromatic ring is 1. The van der Waals surface area contributed by atoms with E-state index >= 15 is 0 Å². The molecule has 1 aliphatic rings. The minimum atomic E-state index is -0.248. The summed E-state index contributed by atoms with van der Waals surface area (Å²) in [6.45, 7) is 4.04. The average Bonchev–Trinajstić information content (AvgIpc) is 2.86. The van der Waals surface area contributed by atoms with Crippen LogP contribution in [0.5, 0.6) is 0 Å². The molecule has 1 aromatic rings. The minimum absolute atomic E-state index is 0.0965. The Bertz CT molecular complexity index is 404. The third kappa shape index (κ3) is 2.62. The van der Waals surface area contributed by atoms with Crippen LogP contribution in [0.4, 0.5) is 5.69 Å². The van der Waals surface area contributed by atoms with Gasteiger partial charge in [-0.2, -0.15) is 0 Å². The molecular formula is C13H20N2O2. The van der Waals surface area contributed by atoms with Crippen molar-refractivity contribution in [3.05, 3.63) is 18.0 Å². The summed E-state index contributed by atoms with van der Waals surface area (Å²) in [4.78, 5) is 12.0. The van der Waals surface area contributed by atoms with Crippen molar-refractivity contribution in [3.8, 4) is 0 Å². The molecule has 0 aliphatic heterocycles. The maximum absolute atomic E-state index is 12.0. The van der Waals surface area contributed by atoms with E-state index in [1.165, 1.54) is 0 Å². The largest absolute Gasteiger partial charge is 0.458 e. The molecule has 2 N–H and O–H groups in total. The standard InChI is InChI=1S/C13H20N2O2/c1-9(2)15-8-10(14)7-12(15)13(16)17-11-5-3-4-6-11/h7-9,11H,3-6,14H2,1-2H3. The molecule has 0 saturated heterocycles. The van der Waals surface area contributed by atoms with Gasteiger partial charge in [-0.15, -0.1) is 0 Å². The van der Waals surface area contributed by atoms with Crippen LogP contribution >= 0.6 is 0 Å². The molecule has 0 amide bonds. The van der Waals surface area contributed by atoms with E-state index in [9.17, 15) is 4.79 Å². The number of carbonyl (C=O) groups excluding carboxylic acids is 1. The monoisotopic (exact) mass is 236 g/mol. The second-order valence-corrected chi connectivity index (χ2v) is 4.97. The predicted molar refractivity (Wildman–Crippen MR) is 66.9 cm³/mol. The quantitative estimate of drug-likeness (QED) is 0.821. The number of nitrogens with two attached hydrogens (primary N) is 1. The number of anilines is 1. The van der Waals surface area contributed by atoms with E-state index in [4.69, 9.17) is 10.5 Å². The lowest BCUT2D eigenvalue weighted by molar-refractivity contribution is 0.0303. The Hall–Kier alpha value is -1.45. The van der Waals surface area contributed by atoms with E-state index in [0.717, 1.165) is 25.7 Å². The van der Waals surface area contributed by atoms with Gasteiger partial charge in [0, 0.05) is 12.2 Å². The number of carbonyl (C=O) groups is 1. The molecule has 0 radical (unpaired) electrons. The zero-order valence-electron chi connectivity index (χ0n) is 10.5. The molecule has 0 atom stereocenters. The Balaban J connectivity index is 2.12. The van der Waals surface area contributed by atoms with Gasteiger partial charge in [0.05, 0.1) is 5.69 Å². The molecular weight excluding hydrogens is 216 g/mol. The third-order valence-corrected chi connectivity index (χ3v) is 3.21. The van der Waals surface area contributed by atoms with Crippen LogP contribution in [0.2, 0.25) is 0 Å². The first-order valence-corrected chi connectivity index (χ1v) is 6.26. The summed E-state index contributed by atoms with van der Waals surface area (Å²) in [6, 6.07) is 1.90. The van der Waals surface area contributed by atoms with Gasteiger partial charge in [-0.3, -0.25) is 0 Å². The molecule has 17 heavy (non-hydrogen) atoms. The minimum Gasteiger partial charge on any atom is -0.458 e. The Morgan fingerprint density at radius 3 is 2.71 bits per heavy atom. The van der Waals surface area contributed by atoms with E-state index in [1.54, 1.807) is 12.3 Å². The number of nitrogens with zero attached hydrogens (tertiary/aromatic N) is 1. The highest BCUT2D eigenvalue weighted by molar-refractivity contribution is 5.89. The Labute approximate surface area is 102 Å². The maximum Gasteiger partial charge on any atom is 0.355 e. The van der Waals surface area contributed by atoms with Crippen molar-refractivity contribution in [3.63, 3.8) is 0 Å². The number of hydrogen-bond donors (Lipinski definition) is 1. The molecule has 1 saturated carbocycles. The summed E-state index contributed by atoms with van der Waals surface area (Å²) in [7, 11) is 0. The molecule has 0 spiro atoms. The summed E-state index contributed by atoms with van der Waals surface area (Å²) in [5.41, 5.74) is 6.90. The summed E-state index contributed by atoms with van der Waals surface area (Å²) in [5.74, 6) is -0.248. The van der Waals surface area contributed by atoms with Crippen LogP contribution in [0.25, 0.3) is 0 Å². The van der Waals surface area contributed by atoms with Crippen LogP contribution < -0.4 is 5.73 Å². The number of ether oxygens (including phenoxy) is 1. The zero-order chi connectivity index (χ0) is 12.4. The second kappa shape index (κ2) is 4.82. The van der Waals surface area contributed by atoms with Gasteiger partial charge in [0.2, 0.25) is 0 Å². The Kier molecular flexibility index (Phi) is 3.41. The summed E-state index contributed by atoms with van der Waals surface area (Å²) < 4.78 is 7.35. The molecule has 1 heterocycles. The molecule has 1 aromatic heterocycles. The van der Waals surface area contributed by atoms with Crippen molar-refractivity contribution in [2.45, 2.75) is 51.7 Å². The first-order chi connectivity index (χ1) is 8.08. The lowest BCUT2D eigenvalue weighted by atomic mass is 10.3. The molecule has 0 bridgehead atoms. The fourth-order valence-corrected chi connectivity index (χ4v) is 2.31. The zero-order valence-corrected chi connectivity index (χ0v) is 10.5. The Morgan fingerprint density at radius 1 is 1.47 bits per heavy atom. The van der Waals surface area contributed by atoms with Crippen molar-refractivity contribution in [2.75, 3.05) is 5.73 Å². The van der Waals surface area contributed by atoms with E-state index < -0.39 is 0 Å². The van der Waals surface area contributed by atoms with Crippen molar-refractivity contribution in [1.82, 2.24) is 4.57 Å². The van der Waals surface area contributed by atoms with Gasteiger partial charge < -0.3 is 15.0 Å². The van der Waals surface area contributed by atoms with Crippen LogP contribution in [-0.2, 0) is 4.74 Å². The van der Waals surface area contributed by atoms with E-state index in [0.29, 0.717) is 11.4 Å². The average molecular weight is 236 g/mol. The highest BCUT2D eigenvalue weighted by Gasteiger charge is 2.22. The smallest absolute Gasteiger partial charge is 0.355 e. The molecule has 94 valence electrons. The van der Waals surface area contributed by atoms with Crippen molar-refractivity contribution in [2.24, 2.45) is 0 Å². The second-order valence-electron chi connectivity index (χ2n) is 4.97. The van der Waals surface area contributed by atoms with Crippen LogP contribution in [-0.4, -0.2) is 16.6 Å². The molecule has 1 fully saturated rings. The molecule has 4 heteroatoms. The van der Waals surface area contributed by atoms with E-state index in [2.05, 4.69) is 0 Å². The fraction of sp³-hybridized carbons (Fsp3) is 0.615. The van der Waals surface area contributed by atoms with Gasteiger partial charge in [-0.05, 0) is 45.6 Å². The number of aromatic nitrogens is 1. The predicted octanol–water partition coefficient (Wildman–Crippen LogP) is 2.75. The summed E-state index contributed by atoms with van der Waals surface area (Å²) >= 11 is 0. The van der Waals surface area contributed by atoms with Crippen LogP contribution in [0, 0.1) is 0 Å². The highest BCUT2D eigenvalue weighted by atomic mass is 16.5. The first-order valence-electron chi connectivity index (χ1n) is 6.26. The van der Waals surface area contributed by atoms with Gasteiger partial charge >= 0.3 is 5.97 Å². The van der Waals surface area contributed by atoms with Crippen LogP contribution in [0.3, 0.4) is 0 Å². The van der Waals surface area contributed by atoms with Gasteiger partial charge in [0.25, 0.3) is 0 Å². The SMILES string of the molecule is CC(C)n1cc(N)cc1C(=O)OC1CCCC1. The van der Waals surface area contributed by atoms with Gasteiger partial charge in [0.1, 0.15) is 11.8 Å². The van der Waals surface area contributed by atoms with Gasteiger partial charge in [-0.1, -0.05) is 0 Å². The molecule has 4 nitrogen and oxygen atoms in total. The summed E-state index contributed by atoms with van der Waals surface area (Å²) in [6.07, 6.45) is 6.18. The fourth-order valence-electron chi connectivity index (χ4n) is 2.31. The van der Waals surface area contributed by atoms with E-state index in [-0.39, 0.29) is 18.1 Å². The highest BCUT2D eigenvalue weighted by Crippen LogP contribution is 2.24. The summed E-state index contributed by atoms with van der Waals surface area (Å²) in [5, 5.41) is 0. The molecule has 0 aromatic carbocycles. The van der Waals surface area contributed by atoms with E-state index in [1.807, 2.05) is 18.4 Å². The lowest BCUT2D eigenvalue weighted by Crippen LogP contribution is -2.18. The van der Waals surface area contributed by atoms with Crippen LogP contribution in [0.1, 0.15) is 56.1 Å². The van der Waals surface area contributed by atoms with Gasteiger partial charge in [-0.25, -0.2) is 4.79 Å². The number of rotatable bonds is 3. The number of esters is 1. The topological polar surface area (TPSA) is 57.2 Å². The third-order valence-electron chi connectivity index (χ3n) is 3.21. The van der Waals surface area contributed by atoms with Crippen molar-refractivity contribution < 1.29 is 9.53 Å². The maximum atomic E-state index is 12.0. The Morgan fingerprint density at radius 2 is 2.12 bits per heavy atom. The lowest BCUT2D eigenvalue weighted by Gasteiger charge is -2.15. The van der Waals surface area contributed by atoms with Crippen molar-refractivity contribution in [1.29, 1.82) is 0 Å². The normalized spacial score (nSPS) is 16.6. The van der Waals surface area contributed by atoms with Crippen LogP contribution in [0.15, 0.2) is 12.3 Å². The molecule has 1 aliphatic carbocycles. The first kappa shape index (κ1) is 12.0. The van der Waals surface area contributed by atoms with Gasteiger partial charge in [0.15, 0.2) is 0 Å². The molecule has 2 rings (SSSR count). The number of hydrogen-bond acceptors (Lipinski definition) is 3. The van der Waals surface area contributed by atoms with Crippen molar-refractivity contribution >= 4 is 11.7 Å². The molecule has 0 unspecified atom stereocenters.